The van der Waals surface area contributed by atoms with E-state index in [4.69, 9.17) is 15.7 Å². The second-order valence-electron chi connectivity index (χ2n) is 5.22. The second-order valence-corrected chi connectivity index (χ2v) is 5.22. The third kappa shape index (κ3) is 5.46. The van der Waals surface area contributed by atoms with Crippen molar-refractivity contribution in [3.63, 3.8) is 0 Å². The monoisotopic (exact) mass is 346 g/mol. The van der Waals surface area contributed by atoms with Crippen LogP contribution in [0.5, 0.6) is 5.75 Å². The van der Waals surface area contributed by atoms with Crippen LogP contribution in [0.2, 0.25) is 0 Å². The van der Waals surface area contributed by atoms with Crippen molar-refractivity contribution in [1.29, 1.82) is 5.26 Å². The van der Waals surface area contributed by atoms with E-state index < -0.39 is 17.7 Å². The number of benzene rings is 2. The third-order valence-corrected chi connectivity index (χ3v) is 3.37. The predicted molar refractivity (Wildman–Crippen MR) is 86.0 cm³/mol. The number of primary amides is 1. The van der Waals surface area contributed by atoms with Gasteiger partial charge in [0.2, 0.25) is 0 Å². The summed E-state index contributed by atoms with van der Waals surface area (Å²) < 4.78 is 37.0. The van der Waals surface area contributed by atoms with Gasteiger partial charge >= 0.3 is 6.09 Å². The van der Waals surface area contributed by atoms with Gasteiger partial charge in [0.05, 0.1) is 18.8 Å². The molecule has 0 aliphatic heterocycles. The average Bonchev–Trinajstić information content (AvgIpc) is 2.58. The van der Waals surface area contributed by atoms with Gasteiger partial charge in [-0.25, -0.2) is 13.6 Å². The van der Waals surface area contributed by atoms with Crippen LogP contribution < -0.4 is 10.5 Å². The van der Waals surface area contributed by atoms with Gasteiger partial charge in [-0.1, -0.05) is 12.1 Å². The molecule has 5 nitrogen and oxygen atoms in total. The highest BCUT2D eigenvalue weighted by Gasteiger charge is 2.09. The zero-order valence-electron chi connectivity index (χ0n) is 13.3. The molecule has 0 aliphatic rings. The Balaban J connectivity index is 2.07. The number of halogens is 2. The third-order valence-electron chi connectivity index (χ3n) is 3.37. The Hall–Kier alpha value is -3.14. The quantitative estimate of drug-likeness (QED) is 0.780. The van der Waals surface area contributed by atoms with Gasteiger partial charge in [-0.15, -0.1) is 0 Å². The van der Waals surface area contributed by atoms with E-state index in [1.54, 1.807) is 18.2 Å². The molecule has 0 bridgehead atoms. The molecule has 130 valence electrons. The number of rotatable bonds is 7. The predicted octanol–water partition coefficient (Wildman–Crippen LogP) is 3.29. The summed E-state index contributed by atoms with van der Waals surface area (Å²) >= 11 is 0. The molecule has 0 aromatic heterocycles. The molecule has 2 N–H and O–H groups in total. The van der Waals surface area contributed by atoms with Crippen molar-refractivity contribution >= 4 is 6.09 Å². The van der Waals surface area contributed by atoms with E-state index >= 15 is 0 Å². The minimum absolute atomic E-state index is 0.0503. The van der Waals surface area contributed by atoms with Crippen LogP contribution in [-0.2, 0) is 11.2 Å². The normalized spacial score (nSPS) is 10.1. The summed E-state index contributed by atoms with van der Waals surface area (Å²) in [6.07, 6.45) is -0.118. The van der Waals surface area contributed by atoms with Gasteiger partial charge in [0.1, 0.15) is 23.5 Å². The maximum Gasteiger partial charge on any atom is 0.404 e. The molecule has 0 saturated heterocycles. The lowest BCUT2D eigenvalue weighted by Gasteiger charge is -2.12. The molecule has 0 spiro atoms. The van der Waals surface area contributed by atoms with Gasteiger partial charge in [-0.2, -0.15) is 5.26 Å². The van der Waals surface area contributed by atoms with E-state index in [2.05, 4.69) is 4.74 Å². The van der Waals surface area contributed by atoms with Crippen molar-refractivity contribution in [3.8, 4) is 11.8 Å². The molecule has 2 aromatic carbocycles. The molecule has 0 atom stereocenters. The molecule has 0 radical (unpaired) electrons. The van der Waals surface area contributed by atoms with E-state index in [1.165, 1.54) is 24.3 Å². The van der Waals surface area contributed by atoms with Crippen LogP contribution in [0, 0.1) is 23.0 Å². The lowest BCUT2D eigenvalue weighted by atomic mass is 10.0. The summed E-state index contributed by atoms with van der Waals surface area (Å²) in [5.41, 5.74) is 6.19. The number of nitrogens with two attached hydrogens (primary N) is 1. The standard InChI is InChI=1S/C18H16F2N2O3/c19-15-4-3-13(8-12-2-5-16(20)14(9-12)11-21)17(10-15)24-6-1-7-25-18(22)23/h2-5,9-10H,1,6-8H2,(H2,22,23). The lowest BCUT2D eigenvalue weighted by Crippen LogP contribution is -2.15. The Bertz CT molecular complexity index is 803. The number of nitriles is 1. The van der Waals surface area contributed by atoms with Gasteiger partial charge < -0.3 is 15.2 Å². The van der Waals surface area contributed by atoms with Crippen molar-refractivity contribution < 1.29 is 23.0 Å². The Labute approximate surface area is 143 Å². The van der Waals surface area contributed by atoms with Gasteiger partial charge in [0.25, 0.3) is 0 Å². The maximum atomic E-state index is 13.5. The minimum atomic E-state index is -0.865. The molecule has 0 aliphatic carbocycles. The average molecular weight is 346 g/mol. The molecule has 1 amide bonds. The fourth-order valence-corrected chi connectivity index (χ4v) is 2.21. The largest absolute Gasteiger partial charge is 0.493 e. The number of ether oxygens (including phenoxy) is 2. The van der Waals surface area contributed by atoms with E-state index in [0.29, 0.717) is 29.7 Å². The second kappa shape index (κ2) is 8.64. The fourth-order valence-electron chi connectivity index (χ4n) is 2.21. The van der Waals surface area contributed by atoms with Gasteiger partial charge in [-0.05, 0) is 29.3 Å². The first-order valence-corrected chi connectivity index (χ1v) is 7.51. The summed E-state index contributed by atoms with van der Waals surface area (Å²) in [5, 5.41) is 8.90. The van der Waals surface area contributed by atoms with Crippen molar-refractivity contribution in [1.82, 2.24) is 0 Å². The SMILES string of the molecule is N#Cc1cc(Cc2ccc(F)cc2OCCCOC(N)=O)ccc1F. The Morgan fingerprint density at radius 2 is 1.96 bits per heavy atom. The van der Waals surface area contributed by atoms with E-state index in [0.717, 1.165) is 0 Å². The van der Waals surface area contributed by atoms with Crippen molar-refractivity contribution in [2.75, 3.05) is 13.2 Å². The first-order valence-electron chi connectivity index (χ1n) is 7.51. The van der Waals surface area contributed by atoms with Crippen LogP contribution >= 0.6 is 0 Å². The van der Waals surface area contributed by atoms with Gasteiger partial charge in [0.15, 0.2) is 0 Å². The summed E-state index contributed by atoms with van der Waals surface area (Å²) in [6.45, 7) is 0.306. The molecule has 2 aromatic rings. The number of amides is 1. The van der Waals surface area contributed by atoms with Crippen LogP contribution in [0.15, 0.2) is 36.4 Å². The number of hydrogen-bond donors (Lipinski definition) is 1. The lowest BCUT2D eigenvalue weighted by molar-refractivity contribution is 0.147. The summed E-state index contributed by atoms with van der Waals surface area (Å²) in [5.74, 6) is -0.706. The molecule has 25 heavy (non-hydrogen) atoms. The molecule has 0 unspecified atom stereocenters. The van der Waals surface area contributed by atoms with Gasteiger partial charge in [-0.3, -0.25) is 0 Å². The highest BCUT2D eigenvalue weighted by Crippen LogP contribution is 2.24. The number of hydrogen-bond acceptors (Lipinski definition) is 4. The maximum absolute atomic E-state index is 13.5. The first-order chi connectivity index (χ1) is 12.0. The van der Waals surface area contributed by atoms with Crippen LogP contribution in [0.4, 0.5) is 13.6 Å². The number of carbonyl (C=O) groups is 1. The molecule has 2 rings (SSSR count). The van der Waals surface area contributed by atoms with Crippen molar-refractivity contribution in [2.45, 2.75) is 12.8 Å². The van der Waals surface area contributed by atoms with Crippen molar-refractivity contribution in [3.05, 3.63) is 64.7 Å². The molecule has 0 fully saturated rings. The highest BCUT2D eigenvalue weighted by atomic mass is 19.1. The van der Waals surface area contributed by atoms with Crippen molar-refractivity contribution in [2.24, 2.45) is 5.73 Å². The van der Waals surface area contributed by atoms with E-state index in [1.807, 2.05) is 0 Å². The Kier molecular flexibility index (Phi) is 6.29. The van der Waals surface area contributed by atoms with Crippen LogP contribution in [0.25, 0.3) is 0 Å². The summed E-state index contributed by atoms with van der Waals surface area (Å²) in [7, 11) is 0. The Morgan fingerprint density at radius 1 is 1.16 bits per heavy atom. The number of nitrogens with zero attached hydrogens (tertiary/aromatic N) is 1. The van der Waals surface area contributed by atoms with E-state index in [9.17, 15) is 13.6 Å². The van der Waals surface area contributed by atoms with Crippen LogP contribution in [0.1, 0.15) is 23.1 Å². The zero-order chi connectivity index (χ0) is 18.2. The summed E-state index contributed by atoms with van der Waals surface area (Å²) in [4.78, 5) is 10.5. The molecular weight excluding hydrogens is 330 g/mol. The smallest absolute Gasteiger partial charge is 0.404 e. The molecule has 0 heterocycles. The zero-order valence-corrected chi connectivity index (χ0v) is 13.3. The first kappa shape index (κ1) is 18.2. The molecular formula is C18H16F2N2O3. The van der Waals surface area contributed by atoms with Crippen LogP contribution in [0.3, 0.4) is 0 Å². The topological polar surface area (TPSA) is 85.3 Å². The Morgan fingerprint density at radius 3 is 2.68 bits per heavy atom. The summed E-state index contributed by atoms with van der Waals surface area (Å²) in [6, 6.07) is 10.1. The van der Waals surface area contributed by atoms with Gasteiger partial charge in [0, 0.05) is 18.9 Å². The highest BCUT2D eigenvalue weighted by molar-refractivity contribution is 5.64. The number of carbonyl (C=O) groups excluding carboxylic acids is 1. The van der Waals surface area contributed by atoms with E-state index in [-0.39, 0.29) is 18.8 Å². The van der Waals surface area contributed by atoms with Crippen LogP contribution in [-0.4, -0.2) is 19.3 Å². The molecule has 7 heteroatoms. The minimum Gasteiger partial charge on any atom is -0.493 e. The molecule has 0 saturated carbocycles. The fraction of sp³-hybridized carbons (Fsp3) is 0.222.